The average Bonchev–Trinajstić information content (AvgIpc) is 2.86. The number of carbonyl (C=O) groups is 2. The van der Waals surface area contributed by atoms with Gasteiger partial charge in [-0.05, 0) is 61.6 Å². The molecule has 0 unspecified atom stereocenters. The van der Waals surface area contributed by atoms with Crippen molar-refractivity contribution in [3.05, 3.63) is 101 Å². The number of hydrogen-bond acceptors (Lipinski definition) is 3. The normalized spacial score (nSPS) is 11.7. The van der Waals surface area contributed by atoms with Crippen LogP contribution < -0.4 is 10.1 Å². The number of aryl methyl sites for hydroxylation is 2. The van der Waals surface area contributed by atoms with E-state index in [9.17, 15) is 9.59 Å². The molecule has 1 N–H and O–H groups in total. The molecule has 0 saturated carbocycles. The molecular formula is C30H36N2O3. The van der Waals surface area contributed by atoms with Crippen molar-refractivity contribution in [2.45, 2.75) is 59.2 Å². The first-order chi connectivity index (χ1) is 16.9. The maximum absolute atomic E-state index is 13.6. The van der Waals surface area contributed by atoms with E-state index >= 15 is 0 Å². The Kier molecular flexibility index (Phi) is 9.47. The molecule has 35 heavy (non-hydrogen) atoms. The van der Waals surface area contributed by atoms with Crippen LogP contribution in [0.5, 0.6) is 5.75 Å². The van der Waals surface area contributed by atoms with Gasteiger partial charge in [-0.3, -0.25) is 9.59 Å². The highest BCUT2D eigenvalue weighted by Gasteiger charge is 2.31. The van der Waals surface area contributed by atoms with Crippen molar-refractivity contribution >= 4 is 11.8 Å². The number of nitrogens with zero attached hydrogens (tertiary/aromatic N) is 1. The number of hydrogen-bond donors (Lipinski definition) is 1. The molecule has 0 aliphatic carbocycles. The van der Waals surface area contributed by atoms with Gasteiger partial charge >= 0.3 is 0 Å². The van der Waals surface area contributed by atoms with Crippen molar-refractivity contribution in [1.29, 1.82) is 0 Å². The van der Waals surface area contributed by atoms with Crippen molar-refractivity contribution in [2.75, 3.05) is 6.61 Å². The van der Waals surface area contributed by atoms with Crippen LogP contribution in [0.3, 0.4) is 0 Å². The predicted molar refractivity (Wildman–Crippen MR) is 140 cm³/mol. The first-order valence-corrected chi connectivity index (χ1v) is 12.3. The van der Waals surface area contributed by atoms with Gasteiger partial charge in [0.25, 0.3) is 5.91 Å². The molecule has 0 bridgehead atoms. The van der Waals surface area contributed by atoms with E-state index in [1.807, 2.05) is 99.6 Å². The lowest BCUT2D eigenvalue weighted by Crippen LogP contribution is -2.52. The van der Waals surface area contributed by atoms with Gasteiger partial charge in [-0.15, -0.1) is 0 Å². The maximum Gasteiger partial charge on any atom is 0.261 e. The molecule has 3 aromatic carbocycles. The zero-order chi connectivity index (χ0) is 25.2. The van der Waals surface area contributed by atoms with Crippen LogP contribution in [0, 0.1) is 6.92 Å². The molecule has 0 aliphatic rings. The zero-order valence-corrected chi connectivity index (χ0v) is 21.2. The average molecular weight is 473 g/mol. The van der Waals surface area contributed by atoms with Crippen molar-refractivity contribution < 1.29 is 14.3 Å². The fourth-order valence-electron chi connectivity index (χ4n) is 3.96. The molecule has 0 radical (unpaired) electrons. The molecule has 0 aliphatic heterocycles. The highest BCUT2D eigenvalue weighted by molar-refractivity contribution is 5.88. The van der Waals surface area contributed by atoms with Crippen LogP contribution in [0.15, 0.2) is 78.9 Å². The Morgan fingerprint density at radius 1 is 0.886 bits per heavy atom. The maximum atomic E-state index is 13.6. The number of nitrogens with one attached hydrogen (secondary N) is 1. The van der Waals surface area contributed by atoms with Crippen molar-refractivity contribution in [2.24, 2.45) is 0 Å². The second-order valence-electron chi connectivity index (χ2n) is 9.10. The van der Waals surface area contributed by atoms with Crippen molar-refractivity contribution in [3.8, 4) is 5.75 Å². The third-order valence-electron chi connectivity index (χ3n) is 6.00. The fraction of sp³-hybridized carbons (Fsp3) is 0.333. The summed E-state index contributed by atoms with van der Waals surface area (Å²) < 4.78 is 5.85. The van der Waals surface area contributed by atoms with Crippen LogP contribution in [0.2, 0.25) is 0 Å². The standard InChI is InChI=1S/C30H36N2O3/c1-5-24-15-17-27(18-16-24)35-21-29(33)32(20-26-14-10-9-11-23(26)4)28(30(34)31-22(2)3)19-25-12-7-6-8-13-25/h6-18,22,28H,5,19-21H2,1-4H3,(H,31,34)/t28-/m0/s1. The monoisotopic (exact) mass is 472 g/mol. The van der Waals surface area contributed by atoms with E-state index in [-0.39, 0.29) is 24.5 Å². The minimum Gasteiger partial charge on any atom is -0.484 e. The van der Waals surface area contributed by atoms with E-state index < -0.39 is 6.04 Å². The van der Waals surface area contributed by atoms with Gasteiger partial charge in [0.15, 0.2) is 6.61 Å². The summed E-state index contributed by atoms with van der Waals surface area (Å²) in [4.78, 5) is 28.6. The van der Waals surface area contributed by atoms with Crippen LogP contribution in [0.1, 0.15) is 43.0 Å². The summed E-state index contributed by atoms with van der Waals surface area (Å²) in [6.45, 7) is 8.15. The van der Waals surface area contributed by atoms with Crippen molar-refractivity contribution in [3.63, 3.8) is 0 Å². The molecule has 0 spiro atoms. The van der Waals surface area contributed by atoms with Gasteiger partial charge in [0, 0.05) is 19.0 Å². The summed E-state index contributed by atoms with van der Waals surface area (Å²) in [6.07, 6.45) is 1.36. The zero-order valence-electron chi connectivity index (χ0n) is 21.2. The largest absolute Gasteiger partial charge is 0.484 e. The van der Waals surface area contributed by atoms with Crippen LogP contribution in [0.4, 0.5) is 0 Å². The molecule has 3 rings (SSSR count). The molecule has 0 heterocycles. The minimum absolute atomic E-state index is 0.0375. The predicted octanol–water partition coefficient (Wildman–Crippen LogP) is 5.10. The lowest BCUT2D eigenvalue weighted by Gasteiger charge is -2.32. The lowest BCUT2D eigenvalue weighted by atomic mass is 10.0. The molecule has 2 amide bonds. The molecule has 0 aromatic heterocycles. The molecule has 1 atom stereocenters. The molecule has 0 fully saturated rings. The van der Waals surface area contributed by atoms with Gasteiger partial charge in [-0.1, -0.05) is 73.7 Å². The quantitative estimate of drug-likeness (QED) is 0.422. The number of benzene rings is 3. The van der Waals surface area contributed by atoms with Crippen LogP contribution in [-0.4, -0.2) is 35.4 Å². The second-order valence-corrected chi connectivity index (χ2v) is 9.10. The smallest absolute Gasteiger partial charge is 0.261 e. The van der Waals surface area contributed by atoms with E-state index in [1.54, 1.807) is 4.90 Å². The number of carbonyl (C=O) groups excluding carboxylic acids is 2. The molecule has 0 saturated heterocycles. The molecule has 5 nitrogen and oxygen atoms in total. The molecule has 184 valence electrons. The Bertz CT molecular complexity index is 1090. The van der Waals surface area contributed by atoms with Crippen LogP contribution in [-0.2, 0) is 29.0 Å². The Morgan fingerprint density at radius 2 is 1.54 bits per heavy atom. The Labute approximate surface area is 209 Å². The van der Waals surface area contributed by atoms with Gasteiger partial charge in [0.1, 0.15) is 11.8 Å². The highest BCUT2D eigenvalue weighted by atomic mass is 16.5. The summed E-state index contributed by atoms with van der Waals surface area (Å²) in [6, 6.07) is 24.8. The molecular weight excluding hydrogens is 436 g/mol. The number of rotatable bonds is 11. The van der Waals surface area contributed by atoms with E-state index in [0.717, 1.165) is 23.1 Å². The lowest BCUT2D eigenvalue weighted by molar-refractivity contribution is -0.143. The fourth-order valence-corrected chi connectivity index (χ4v) is 3.96. The molecule has 5 heteroatoms. The molecule has 3 aromatic rings. The van der Waals surface area contributed by atoms with Crippen LogP contribution >= 0.6 is 0 Å². The third kappa shape index (κ3) is 7.71. The van der Waals surface area contributed by atoms with Gasteiger partial charge < -0.3 is 15.0 Å². The topological polar surface area (TPSA) is 58.6 Å². The van der Waals surface area contributed by atoms with Gasteiger partial charge in [0.2, 0.25) is 5.91 Å². The van der Waals surface area contributed by atoms with Gasteiger partial charge in [0.05, 0.1) is 0 Å². The summed E-state index contributed by atoms with van der Waals surface area (Å²) in [5.74, 6) is 0.239. The minimum atomic E-state index is -0.669. The Balaban J connectivity index is 1.89. The summed E-state index contributed by atoms with van der Waals surface area (Å²) >= 11 is 0. The number of ether oxygens (including phenoxy) is 1. The summed E-state index contributed by atoms with van der Waals surface area (Å²) in [5, 5.41) is 3.01. The summed E-state index contributed by atoms with van der Waals surface area (Å²) in [5.41, 5.74) is 4.28. The van der Waals surface area contributed by atoms with E-state index in [4.69, 9.17) is 4.74 Å². The first kappa shape index (κ1) is 26.0. The van der Waals surface area contributed by atoms with Gasteiger partial charge in [-0.2, -0.15) is 0 Å². The van der Waals surface area contributed by atoms with E-state index in [0.29, 0.717) is 18.7 Å². The SMILES string of the molecule is CCc1ccc(OCC(=O)N(Cc2ccccc2C)[C@@H](Cc2ccccc2)C(=O)NC(C)C)cc1. The van der Waals surface area contributed by atoms with Gasteiger partial charge in [-0.25, -0.2) is 0 Å². The Hall–Kier alpha value is -3.60. The second kappa shape index (κ2) is 12.7. The van der Waals surface area contributed by atoms with Crippen molar-refractivity contribution in [1.82, 2.24) is 10.2 Å². The van der Waals surface area contributed by atoms with E-state index in [2.05, 4.69) is 12.2 Å². The van der Waals surface area contributed by atoms with E-state index in [1.165, 1.54) is 5.56 Å². The Morgan fingerprint density at radius 3 is 2.17 bits per heavy atom. The van der Waals surface area contributed by atoms with Crippen LogP contribution in [0.25, 0.3) is 0 Å². The highest BCUT2D eigenvalue weighted by Crippen LogP contribution is 2.18. The first-order valence-electron chi connectivity index (χ1n) is 12.3. The summed E-state index contributed by atoms with van der Waals surface area (Å²) in [7, 11) is 0. The number of amides is 2. The third-order valence-corrected chi connectivity index (χ3v) is 6.00.